The first-order valence-electron chi connectivity index (χ1n) is 7.27. The van der Waals surface area contributed by atoms with Crippen molar-refractivity contribution in [1.82, 2.24) is 0 Å². The largest absolute Gasteiger partial charge is 0.454 e. The Kier molecular flexibility index (Phi) is 5.60. The molecular weight excluding hydrogens is 457 g/mol. The van der Waals surface area contributed by atoms with Crippen molar-refractivity contribution >= 4 is 28.6 Å². The molecule has 24 heavy (non-hydrogen) atoms. The van der Waals surface area contributed by atoms with Crippen LogP contribution < -0.4 is 0 Å². The Morgan fingerprint density at radius 1 is 1.17 bits per heavy atom. The lowest BCUT2D eigenvalue weighted by Gasteiger charge is -2.60. The van der Waals surface area contributed by atoms with Gasteiger partial charge in [0.05, 0.1) is 0 Å². The van der Waals surface area contributed by atoms with E-state index in [9.17, 15) is 36.2 Å². The number of alkyl halides is 7. The lowest BCUT2D eigenvalue weighted by molar-refractivity contribution is -0.440. The summed E-state index contributed by atoms with van der Waals surface area (Å²) in [4.78, 5) is 12.2. The van der Waals surface area contributed by atoms with Crippen molar-refractivity contribution in [2.24, 2.45) is 11.8 Å². The first-order valence-corrected chi connectivity index (χ1v) is 8.35. The highest BCUT2D eigenvalue weighted by molar-refractivity contribution is 14.1. The van der Waals surface area contributed by atoms with Gasteiger partial charge in [-0.1, -0.05) is 43.4 Å². The second-order valence-electron chi connectivity index (χ2n) is 6.48. The summed E-state index contributed by atoms with van der Waals surface area (Å²) in [7, 11) is 0. The standard InChI is InChI=1S/C14H19F6IO3/c1-5-10(4,21)9(22)24-11(7(2)6-8(11)3)12(23,13(15,16)17)14(18,19)20/h7-8,23H,5-6H2,1-4H3. The Morgan fingerprint density at radius 3 is 1.79 bits per heavy atom. The molecule has 0 aromatic carbocycles. The van der Waals surface area contributed by atoms with E-state index in [1.54, 1.807) is 29.5 Å². The van der Waals surface area contributed by atoms with Gasteiger partial charge >= 0.3 is 18.3 Å². The van der Waals surface area contributed by atoms with Crippen molar-refractivity contribution in [3.8, 4) is 0 Å². The van der Waals surface area contributed by atoms with Crippen LogP contribution in [0.5, 0.6) is 0 Å². The van der Waals surface area contributed by atoms with Crippen LogP contribution in [0.2, 0.25) is 0 Å². The summed E-state index contributed by atoms with van der Waals surface area (Å²) in [6.07, 6.45) is -12.0. The average molecular weight is 476 g/mol. The van der Waals surface area contributed by atoms with E-state index in [4.69, 9.17) is 4.74 Å². The molecule has 10 heteroatoms. The molecule has 0 saturated heterocycles. The second kappa shape index (κ2) is 6.17. The lowest BCUT2D eigenvalue weighted by Crippen LogP contribution is -2.80. The predicted molar refractivity (Wildman–Crippen MR) is 81.5 cm³/mol. The van der Waals surface area contributed by atoms with Crippen molar-refractivity contribution in [3.63, 3.8) is 0 Å². The molecule has 1 saturated carbocycles. The summed E-state index contributed by atoms with van der Waals surface area (Å²) < 4.78 is 83.5. The number of carbonyl (C=O) groups excluding carboxylic acids is 1. The maximum atomic E-state index is 13.3. The minimum absolute atomic E-state index is 0.0359. The third-order valence-electron chi connectivity index (χ3n) is 4.91. The van der Waals surface area contributed by atoms with Gasteiger partial charge in [0.25, 0.3) is 5.60 Å². The number of carbonyl (C=O) groups is 1. The van der Waals surface area contributed by atoms with Crippen molar-refractivity contribution in [2.75, 3.05) is 0 Å². The molecule has 1 aliphatic rings. The number of halogens is 7. The fourth-order valence-corrected chi connectivity index (χ4v) is 3.31. The number of esters is 1. The van der Waals surface area contributed by atoms with E-state index in [1.165, 1.54) is 6.92 Å². The Bertz CT molecular complexity index is 478. The van der Waals surface area contributed by atoms with Gasteiger partial charge < -0.3 is 9.84 Å². The van der Waals surface area contributed by atoms with Crippen molar-refractivity contribution in [2.45, 2.75) is 67.5 Å². The number of hydrogen-bond acceptors (Lipinski definition) is 3. The average Bonchev–Trinajstić information content (AvgIpc) is 2.41. The summed E-state index contributed by atoms with van der Waals surface area (Å²) in [5, 5.41) is 9.85. The topological polar surface area (TPSA) is 46.5 Å². The number of ether oxygens (including phenoxy) is 1. The van der Waals surface area contributed by atoms with Crippen LogP contribution in [0.15, 0.2) is 0 Å². The molecule has 1 fully saturated rings. The zero-order chi connectivity index (χ0) is 19.4. The van der Waals surface area contributed by atoms with Gasteiger partial charge in [0.1, 0.15) is 3.42 Å². The molecule has 142 valence electrons. The summed E-state index contributed by atoms with van der Waals surface area (Å²) in [5.41, 5.74) is -8.25. The molecule has 0 aliphatic heterocycles. The molecule has 0 aromatic heterocycles. The smallest absolute Gasteiger partial charge is 0.430 e. The van der Waals surface area contributed by atoms with E-state index < -0.39 is 44.8 Å². The summed E-state index contributed by atoms with van der Waals surface area (Å²) in [6.45, 7) is 5.10. The van der Waals surface area contributed by atoms with Crippen LogP contribution in [0, 0.1) is 11.8 Å². The molecule has 3 nitrogen and oxygen atoms in total. The highest BCUT2D eigenvalue weighted by Crippen LogP contribution is 2.62. The van der Waals surface area contributed by atoms with Gasteiger partial charge in [-0.05, 0) is 19.8 Å². The Labute approximate surface area is 149 Å². The lowest BCUT2D eigenvalue weighted by atomic mass is 9.54. The second-order valence-corrected chi connectivity index (χ2v) is 8.86. The van der Waals surface area contributed by atoms with E-state index in [2.05, 4.69) is 0 Å². The van der Waals surface area contributed by atoms with Gasteiger partial charge in [-0.2, -0.15) is 26.3 Å². The van der Waals surface area contributed by atoms with Gasteiger partial charge in [-0.3, -0.25) is 4.79 Å². The molecule has 0 bridgehead atoms. The van der Waals surface area contributed by atoms with E-state index in [0.717, 1.165) is 13.8 Å². The van der Waals surface area contributed by atoms with Crippen LogP contribution in [0.3, 0.4) is 0 Å². The minimum atomic E-state index is -6.05. The monoisotopic (exact) mass is 476 g/mol. The van der Waals surface area contributed by atoms with Gasteiger partial charge in [0.15, 0.2) is 5.60 Å². The number of rotatable bonds is 4. The van der Waals surface area contributed by atoms with Crippen molar-refractivity contribution in [1.29, 1.82) is 0 Å². The molecule has 0 heterocycles. The SMILES string of the molecule is CCC(C)(I)C(=O)OC1(C(O)(C(F)(F)F)C(F)(F)F)C(C)CC1C. The van der Waals surface area contributed by atoms with E-state index in [1.807, 2.05) is 0 Å². The first-order chi connectivity index (χ1) is 10.5. The quantitative estimate of drug-likeness (QED) is 0.283. The van der Waals surface area contributed by atoms with Crippen LogP contribution in [0.25, 0.3) is 0 Å². The summed E-state index contributed by atoms with van der Waals surface area (Å²) >= 11 is 1.61. The highest BCUT2D eigenvalue weighted by Gasteiger charge is 2.86. The zero-order valence-corrected chi connectivity index (χ0v) is 15.6. The molecule has 3 atom stereocenters. The van der Waals surface area contributed by atoms with Crippen LogP contribution >= 0.6 is 22.6 Å². The van der Waals surface area contributed by atoms with Crippen LogP contribution in [0.4, 0.5) is 26.3 Å². The zero-order valence-electron chi connectivity index (χ0n) is 13.5. The van der Waals surface area contributed by atoms with Gasteiger partial charge in [-0.15, -0.1) is 0 Å². The van der Waals surface area contributed by atoms with E-state index >= 15 is 0 Å². The van der Waals surface area contributed by atoms with Crippen molar-refractivity contribution < 1.29 is 41.0 Å². The third-order valence-corrected chi connectivity index (χ3v) is 6.11. The molecular formula is C14H19F6IO3. The maximum Gasteiger partial charge on any atom is 0.430 e. The minimum Gasteiger partial charge on any atom is -0.454 e. The van der Waals surface area contributed by atoms with Crippen LogP contribution in [-0.4, -0.2) is 38.1 Å². The maximum absolute atomic E-state index is 13.3. The molecule has 0 amide bonds. The normalized spacial score (nSPS) is 31.2. The fourth-order valence-electron chi connectivity index (χ4n) is 3.20. The van der Waals surface area contributed by atoms with E-state index in [-0.39, 0.29) is 12.8 Å². The molecule has 0 spiro atoms. The number of hydrogen-bond donors (Lipinski definition) is 1. The molecule has 1 aliphatic carbocycles. The fraction of sp³-hybridized carbons (Fsp3) is 0.929. The molecule has 0 aromatic rings. The Hall–Kier alpha value is -0.260. The molecule has 3 unspecified atom stereocenters. The Balaban J connectivity index is 3.54. The number of aliphatic hydroxyl groups is 1. The predicted octanol–water partition coefficient (Wildman–Crippen LogP) is 4.40. The Morgan fingerprint density at radius 2 is 1.54 bits per heavy atom. The summed E-state index contributed by atoms with van der Waals surface area (Å²) in [6, 6.07) is 0. The first kappa shape index (κ1) is 21.8. The summed E-state index contributed by atoms with van der Waals surface area (Å²) in [5.74, 6) is -3.83. The van der Waals surface area contributed by atoms with Gasteiger partial charge in [0, 0.05) is 11.8 Å². The third kappa shape index (κ3) is 2.90. The van der Waals surface area contributed by atoms with Gasteiger partial charge in [0.2, 0.25) is 0 Å². The van der Waals surface area contributed by atoms with E-state index in [0.29, 0.717) is 0 Å². The molecule has 0 radical (unpaired) electrons. The van der Waals surface area contributed by atoms with Crippen LogP contribution in [-0.2, 0) is 9.53 Å². The van der Waals surface area contributed by atoms with Crippen molar-refractivity contribution in [3.05, 3.63) is 0 Å². The van der Waals surface area contributed by atoms with Crippen LogP contribution in [0.1, 0.15) is 40.5 Å². The molecule has 1 rings (SSSR count). The highest BCUT2D eigenvalue weighted by atomic mass is 127. The van der Waals surface area contributed by atoms with Gasteiger partial charge in [-0.25, -0.2) is 0 Å². The molecule has 1 N–H and O–H groups in total.